The van der Waals surface area contributed by atoms with Crippen LogP contribution in [0, 0.1) is 23.5 Å². The number of aromatic nitrogens is 2. The van der Waals surface area contributed by atoms with Crippen molar-refractivity contribution >= 4 is 33.7 Å². The second-order valence-electron chi connectivity index (χ2n) is 14.1. The smallest absolute Gasteiger partial charge is 0.339 e. The van der Waals surface area contributed by atoms with Crippen LogP contribution in [-0.4, -0.2) is 72.2 Å². The van der Waals surface area contributed by atoms with E-state index >= 15 is 0 Å². The van der Waals surface area contributed by atoms with Crippen molar-refractivity contribution in [3.63, 3.8) is 0 Å². The molecule has 0 bridgehead atoms. The van der Waals surface area contributed by atoms with Gasteiger partial charge >= 0.3 is 5.97 Å². The van der Waals surface area contributed by atoms with Crippen LogP contribution in [0.1, 0.15) is 57.5 Å². The van der Waals surface area contributed by atoms with Crippen LogP contribution in [0.5, 0.6) is 11.5 Å². The van der Waals surface area contributed by atoms with Crippen LogP contribution in [-0.2, 0) is 12.8 Å². The van der Waals surface area contributed by atoms with Gasteiger partial charge in [-0.2, -0.15) is 0 Å². The summed E-state index contributed by atoms with van der Waals surface area (Å²) in [5.74, 6) is 0.970. The zero-order valence-electron chi connectivity index (χ0n) is 31.2. The van der Waals surface area contributed by atoms with Gasteiger partial charge in [-0.3, -0.25) is 4.79 Å². The predicted octanol–water partition coefficient (Wildman–Crippen LogP) is 8.65. The number of nitrogens with one attached hydrogen (secondary N) is 3. The first-order chi connectivity index (χ1) is 26.7. The van der Waals surface area contributed by atoms with Crippen LogP contribution >= 0.6 is 0 Å². The quantitative estimate of drug-likeness (QED) is 0.124. The Bertz CT molecular complexity index is 2170. The average molecular weight is 751 g/mol. The highest BCUT2D eigenvalue weighted by Gasteiger charge is 2.26. The zero-order valence-corrected chi connectivity index (χ0v) is 31.2. The molecular weight excluding hydrogens is 703 g/mol. The van der Waals surface area contributed by atoms with Gasteiger partial charge in [-0.1, -0.05) is 24.3 Å². The van der Waals surface area contributed by atoms with Gasteiger partial charge in [0.1, 0.15) is 28.7 Å². The molecule has 0 saturated carbocycles. The van der Waals surface area contributed by atoms with E-state index in [1.54, 1.807) is 37.6 Å². The van der Waals surface area contributed by atoms with Crippen LogP contribution in [0.4, 0.5) is 8.78 Å². The van der Waals surface area contributed by atoms with Crippen LogP contribution in [0.15, 0.2) is 97.3 Å². The summed E-state index contributed by atoms with van der Waals surface area (Å²) < 4.78 is 36.1. The van der Waals surface area contributed by atoms with Crippen molar-refractivity contribution in [3.05, 3.63) is 131 Å². The van der Waals surface area contributed by atoms with Gasteiger partial charge in [-0.15, -0.1) is 0 Å². The topological polar surface area (TPSA) is 120 Å². The van der Waals surface area contributed by atoms with Crippen LogP contribution in [0.25, 0.3) is 21.8 Å². The third-order valence-corrected chi connectivity index (χ3v) is 10.4. The lowest BCUT2D eigenvalue weighted by atomic mass is 9.90. The minimum atomic E-state index is -0.982. The van der Waals surface area contributed by atoms with E-state index in [1.807, 2.05) is 59.6 Å². The lowest BCUT2D eigenvalue weighted by molar-refractivity contribution is 0.0680. The molecule has 1 amide bonds. The third kappa shape index (κ3) is 10.3. The number of likely N-dealkylation sites (tertiary alicyclic amines) is 1. The number of aromatic carboxylic acids is 1. The number of H-pyrrole nitrogens is 2. The van der Waals surface area contributed by atoms with Crippen LogP contribution < -0.4 is 14.8 Å². The number of piperidine rings is 2. The Labute approximate surface area is 319 Å². The van der Waals surface area contributed by atoms with Gasteiger partial charge < -0.3 is 34.8 Å². The van der Waals surface area contributed by atoms with Crippen molar-refractivity contribution in [2.24, 2.45) is 11.8 Å². The molecule has 2 aliphatic rings. The minimum Gasteiger partial charge on any atom is -0.496 e. The summed E-state index contributed by atoms with van der Waals surface area (Å²) in [4.78, 5) is 31.9. The Morgan fingerprint density at radius 1 is 0.673 bits per heavy atom. The van der Waals surface area contributed by atoms with Gasteiger partial charge in [0.25, 0.3) is 5.91 Å². The summed E-state index contributed by atoms with van der Waals surface area (Å²) in [6.07, 6.45) is 10.1. The number of hydrogen-bond acceptors (Lipinski definition) is 5. The van der Waals surface area contributed by atoms with Gasteiger partial charge in [0.2, 0.25) is 0 Å². The highest BCUT2D eigenvalue weighted by Crippen LogP contribution is 2.29. The number of carbonyl (C=O) groups excluding carboxylic acids is 1. The molecule has 288 valence electrons. The van der Waals surface area contributed by atoms with Crippen molar-refractivity contribution < 1.29 is 33.0 Å². The average Bonchev–Trinajstić information content (AvgIpc) is 3.88. The Hall–Kier alpha value is -5.68. The summed E-state index contributed by atoms with van der Waals surface area (Å²) in [5, 5.41) is 14.1. The lowest BCUT2D eigenvalue weighted by Gasteiger charge is -2.32. The molecule has 4 N–H and O–H groups in total. The van der Waals surface area contributed by atoms with Crippen molar-refractivity contribution in [1.82, 2.24) is 20.2 Å². The number of methoxy groups -OCH3 is 2. The summed E-state index contributed by atoms with van der Waals surface area (Å²) >= 11 is 0. The molecule has 2 fully saturated rings. The second-order valence-corrected chi connectivity index (χ2v) is 14.1. The first kappa shape index (κ1) is 39.0. The molecule has 2 saturated heterocycles. The van der Waals surface area contributed by atoms with Crippen molar-refractivity contribution in [1.29, 1.82) is 0 Å². The SMILES string of the molecule is COc1cc2[nH]ccc2cc1C(=O)N1CCC(Cc2ccc(F)cc2)CC1.COc1cc2[nH]ccc2cc1C(=O)O.Fc1ccc(CC2CCNCC2)cc1. The maximum atomic E-state index is 13.0. The predicted molar refractivity (Wildman–Crippen MR) is 211 cm³/mol. The molecule has 2 aliphatic heterocycles. The molecule has 8 rings (SSSR count). The number of aromatic amines is 2. The van der Waals surface area contributed by atoms with Crippen LogP contribution in [0.3, 0.4) is 0 Å². The number of nitrogens with zero attached hydrogens (tertiary/aromatic N) is 1. The van der Waals surface area contributed by atoms with E-state index in [0.29, 0.717) is 23.0 Å². The molecule has 0 atom stereocenters. The number of carbonyl (C=O) groups is 2. The molecule has 0 unspecified atom stereocenters. The van der Waals surface area contributed by atoms with E-state index < -0.39 is 5.97 Å². The van der Waals surface area contributed by atoms with Gasteiger partial charge in [-0.05, 0) is 123 Å². The molecule has 0 spiro atoms. The highest BCUT2D eigenvalue weighted by atomic mass is 19.1. The van der Waals surface area contributed by atoms with E-state index in [1.165, 1.54) is 37.6 Å². The first-order valence-electron chi connectivity index (χ1n) is 18.7. The first-order valence-corrected chi connectivity index (χ1v) is 18.7. The number of rotatable bonds is 8. The van der Waals surface area contributed by atoms with E-state index in [9.17, 15) is 18.4 Å². The maximum absolute atomic E-state index is 13.0. The fraction of sp³-hybridized carbons (Fsp3) is 0.318. The van der Waals surface area contributed by atoms with E-state index in [-0.39, 0.29) is 23.1 Å². The minimum absolute atomic E-state index is 0.0233. The number of carboxylic acids is 1. The third-order valence-electron chi connectivity index (χ3n) is 10.4. The monoisotopic (exact) mass is 750 g/mol. The zero-order chi connectivity index (χ0) is 38.7. The van der Waals surface area contributed by atoms with Gasteiger partial charge in [-0.25, -0.2) is 13.6 Å². The number of hydrogen-bond donors (Lipinski definition) is 4. The number of benzene rings is 4. The highest BCUT2D eigenvalue weighted by molar-refractivity contribution is 6.01. The molecule has 55 heavy (non-hydrogen) atoms. The Balaban J connectivity index is 0.000000155. The summed E-state index contributed by atoms with van der Waals surface area (Å²) in [6, 6.07) is 24.5. The Morgan fingerprint density at radius 2 is 1.13 bits per heavy atom. The molecule has 6 aromatic rings. The second kappa shape index (κ2) is 18.6. The molecule has 2 aromatic heterocycles. The molecule has 4 heterocycles. The molecule has 9 nitrogen and oxygen atoms in total. The number of halogens is 2. The van der Waals surface area contributed by atoms with Crippen molar-refractivity contribution in [2.45, 2.75) is 38.5 Å². The van der Waals surface area contributed by atoms with Crippen molar-refractivity contribution in [2.75, 3.05) is 40.4 Å². The number of carboxylic acid groups (broad SMARTS) is 1. The lowest BCUT2D eigenvalue weighted by Crippen LogP contribution is -2.39. The van der Waals surface area contributed by atoms with E-state index in [0.717, 1.165) is 85.1 Å². The fourth-order valence-electron chi connectivity index (χ4n) is 7.34. The van der Waals surface area contributed by atoms with Gasteiger partial charge in [0.05, 0.1) is 19.8 Å². The van der Waals surface area contributed by atoms with Gasteiger partial charge in [0, 0.05) is 59.4 Å². The summed E-state index contributed by atoms with van der Waals surface area (Å²) in [7, 11) is 3.05. The van der Waals surface area contributed by atoms with E-state index in [2.05, 4.69) is 15.3 Å². The molecule has 4 aromatic carbocycles. The number of fused-ring (bicyclic) bond motifs is 2. The fourth-order valence-corrected chi connectivity index (χ4v) is 7.34. The molecular formula is C44H48F2N4O5. The maximum Gasteiger partial charge on any atom is 0.339 e. The summed E-state index contributed by atoms with van der Waals surface area (Å²) in [5.41, 5.74) is 5.04. The Kier molecular flexibility index (Phi) is 13.2. The number of amides is 1. The largest absolute Gasteiger partial charge is 0.496 e. The van der Waals surface area contributed by atoms with Gasteiger partial charge in [0.15, 0.2) is 0 Å². The number of ether oxygens (including phenoxy) is 2. The van der Waals surface area contributed by atoms with Crippen molar-refractivity contribution in [3.8, 4) is 11.5 Å². The standard InChI is InChI=1S/C22H23FN2O2.C12H16FN.C10H9NO3/c1-27-21-14-20-17(6-9-24-20)13-19(21)22(26)25-10-7-16(8-11-25)12-15-2-4-18(23)5-3-15;13-12-3-1-10(2-4-12)9-11-5-7-14-8-6-11;1-14-9-5-8-6(2-3-11-8)4-7(9)10(12)13/h2-6,9,13-14,16,24H,7-8,10-12H2,1H3;1-4,11,14H,5-9H2;2-5,11H,1H3,(H,12,13). The molecule has 0 radical (unpaired) electrons. The molecule has 11 heteroatoms. The molecule has 0 aliphatic carbocycles. The summed E-state index contributed by atoms with van der Waals surface area (Å²) in [6.45, 7) is 3.73. The van der Waals surface area contributed by atoms with Crippen LogP contribution in [0.2, 0.25) is 0 Å². The normalized spacial score (nSPS) is 14.8. The Morgan fingerprint density at radius 3 is 1.60 bits per heavy atom. The van der Waals surface area contributed by atoms with E-state index in [4.69, 9.17) is 14.6 Å².